The summed E-state index contributed by atoms with van der Waals surface area (Å²) in [7, 11) is 2.36. The summed E-state index contributed by atoms with van der Waals surface area (Å²) >= 11 is 0. The topological polar surface area (TPSA) is 139 Å². The van der Waals surface area contributed by atoms with E-state index in [0.717, 1.165) is 4.90 Å². The van der Waals surface area contributed by atoms with Crippen LogP contribution in [0.3, 0.4) is 0 Å². The largest absolute Gasteiger partial charge is 0.549 e. The molecule has 0 heterocycles. The van der Waals surface area contributed by atoms with Crippen LogP contribution in [0.5, 0.6) is 0 Å². The molecule has 10 nitrogen and oxygen atoms in total. The van der Waals surface area contributed by atoms with Crippen molar-refractivity contribution in [3.05, 3.63) is 0 Å². The lowest BCUT2D eigenvalue weighted by molar-refractivity contribution is -0.310. The van der Waals surface area contributed by atoms with Crippen LogP contribution in [-0.4, -0.2) is 87.2 Å². The molecule has 0 aliphatic carbocycles. The first-order chi connectivity index (χ1) is 10.3. The number of hydrogen-bond donors (Lipinski definition) is 0. The van der Waals surface area contributed by atoms with Crippen LogP contribution in [-0.2, 0) is 28.7 Å². The van der Waals surface area contributed by atoms with E-state index in [9.17, 15) is 29.4 Å². The maximum atomic E-state index is 11.3. The molecule has 22 heavy (non-hydrogen) atoms. The Bertz CT molecular complexity index is 378. The molecule has 0 fully saturated rings. The van der Waals surface area contributed by atoms with Gasteiger partial charge >= 0.3 is 11.9 Å². The number of rotatable bonds is 11. The number of esters is 2. The molecule has 0 bridgehead atoms. The fourth-order valence-electron chi connectivity index (χ4n) is 1.57. The molecule has 0 saturated carbocycles. The van der Waals surface area contributed by atoms with Crippen LogP contribution in [0.15, 0.2) is 0 Å². The number of carbonyl (C=O) groups excluding carboxylic acids is 4. The highest BCUT2D eigenvalue weighted by Crippen LogP contribution is 1.95. The second-order valence-corrected chi connectivity index (χ2v) is 4.32. The van der Waals surface area contributed by atoms with Crippen LogP contribution in [0.2, 0.25) is 0 Å². The first-order valence-corrected chi connectivity index (χ1v) is 6.26. The molecule has 0 N–H and O–H groups in total. The van der Waals surface area contributed by atoms with Gasteiger partial charge in [-0.25, -0.2) is 0 Å². The van der Waals surface area contributed by atoms with Gasteiger partial charge in [0, 0.05) is 26.2 Å². The minimum Gasteiger partial charge on any atom is -0.549 e. The fraction of sp³-hybridized carbons (Fsp3) is 0.667. The van der Waals surface area contributed by atoms with E-state index >= 15 is 0 Å². The third-order valence-electron chi connectivity index (χ3n) is 2.60. The van der Waals surface area contributed by atoms with Crippen molar-refractivity contribution >= 4 is 23.9 Å². The van der Waals surface area contributed by atoms with Gasteiger partial charge in [-0.15, -0.1) is 0 Å². The van der Waals surface area contributed by atoms with Crippen molar-refractivity contribution < 1.29 is 38.9 Å². The van der Waals surface area contributed by atoms with Gasteiger partial charge in [0.15, 0.2) is 0 Å². The summed E-state index contributed by atoms with van der Waals surface area (Å²) in [4.78, 5) is 46.0. The van der Waals surface area contributed by atoms with Crippen LogP contribution in [0.4, 0.5) is 0 Å². The van der Waals surface area contributed by atoms with Crippen molar-refractivity contribution in [1.29, 1.82) is 0 Å². The highest BCUT2D eigenvalue weighted by atomic mass is 16.5. The van der Waals surface area contributed by atoms with Gasteiger partial charge in [0.1, 0.15) is 0 Å². The number of methoxy groups -OCH3 is 2. The van der Waals surface area contributed by atoms with E-state index in [4.69, 9.17) is 0 Å². The number of carboxylic acids is 2. The molecule has 0 amide bonds. The predicted octanol–water partition coefficient (Wildman–Crippen LogP) is -4.56. The van der Waals surface area contributed by atoms with Crippen molar-refractivity contribution in [3.63, 3.8) is 0 Å². The molecule has 126 valence electrons. The molecule has 0 radical (unpaired) electrons. The molecule has 0 atom stereocenters. The zero-order valence-corrected chi connectivity index (χ0v) is 12.4. The number of ether oxygens (including phenoxy) is 2. The number of aliphatic carboxylic acids is 2. The SMILES string of the molecule is COC(=O)CN(CCN(CC(=O)[O-])CC(=O)[O-])CC(=O)OC. The van der Waals surface area contributed by atoms with Gasteiger partial charge in [0.05, 0.1) is 39.2 Å². The van der Waals surface area contributed by atoms with Crippen LogP contribution < -0.4 is 10.2 Å². The second kappa shape index (κ2) is 10.5. The van der Waals surface area contributed by atoms with Gasteiger partial charge < -0.3 is 29.3 Å². The standard InChI is InChI=1S/C12H20N2O8/c1-21-11(19)7-14(8-12(20)22-2)4-3-13(5-9(15)16)6-10(17)18/h3-8H2,1-2H3,(H,15,16)(H,17,18)/p-2. The molecule has 0 unspecified atom stereocenters. The zero-order chi connectivity index (χ0) is 17.1. The Hall–Kier alpha value is -2.20. The van der Waals surface area contributed by atoms with Crippen LogP contribution >= 0.6 is 0 Å². The van der Waals surface area contributed by atoms with E-state index in [2.05, 4.69) is 9.47 Å². The lowest BCUT2D eigenvalue weighted by Crippen LogP contribution is -2.48. The van der Waals surface area contributed by atoms with Crippen LogP contribution in [0, 0.1) is 0 Å². The molecular weight excluding hydrogens is 300 g/mol. The van der Waals surface area contributed by atoms with E-state index in [-0.39, 0.29) is 26.2 Å². The second-order valence-electron chi connectivity index (χ2n) is 4.32. The molecule has 0 aromatic heterocycles. The van der Waals surface area contributed by atoms with Crippen molar-refractivity contribution in [3.8, 4) is 0 Å². The average Bonchev–Trinajstić information content (AvgIpc) is 2.42. The highest BCUT2D eigenvalue weighted by molar-refractivity contribution is 5.74. The Morgan fingerprint density at radius 2 is 1.05 bits per heavy atom. The Morgan fingerprint density at radius 1 is 0.727 bits per heavy atom. The van der Waals surface area contributed by atoms with Crippen LogP contribution in [0.1, 0.15) is 0 Å². The molecule has 0 aliphatic rings. The van der Waals surface area contributed by atoms with Crippen molar-refractivity contribution in [2.45, 2.75) is 0 Å². The summed E-state index contributed by atoms with van der Waals surface area (Å²) in [6.07, 6.45) is 0. The third-order valence-corrected chi connectivity index (χ3v) is 2.60. The average molecular weight is 318 g/mol. The van der Waals surface area contributed by atoms with Crippen LogP contribution in [0.25, 0.3) is 0 Å². The van der Waals surface area contributed by atoms with E-state index in [0.29, 0.717) is 0 Å². The highest BCUT2D eigenvalue weighted by Gasteiger charge is 2.17. The zero-order valence-electron chi connectivity index (χ0n) is 12.4. The normalized spacial score (nSPS) is 10.5. The van der Waals surface area contributed by atoms with E-state index < -0.39 is 37.0 Å². The first kappa shape index (κ1) is 19.8. The number of nitrogens with zero attached hydrogens (tertiary/aromatic N) is 2. The molecule has 0 aliphatic heterocycles. The van der Waals surface area contributed by atoms with Gasteiger partial charge in [-0.2, -0.15) is 0 Å². The summed E-state index contributed by atoms with van der Waals surface area (Å²) in [5.41, 5.74) is 0. The molecule has 0 aromatic rings. The first-order valence-electron chi connectivity index (χ1n) is 6.26. The number of carbonyl (C=O) groups is 4. The lowest BCUT2D eigenvalue weighted by atomic mass is 10.4. The van der Waals surface area contributed by atoms with Crippen molar-refractivity contribution in [1.82, 2.24) is 9.80 Å². The molecule has 10 heteroatoms. The number of hydrogen-bond acceptors (Lipinski definition) is 10. The summed E-state index contributed by atoms with van der Waals surface area (Å²) < 4.78 is 8.95. The van der Waals surface area contributed by atoms with E-state index in [1.807, 2.05) is 0 Å². The number of carboxylic acid groups (broad SMARTS) is 2. The summed E-state index contributed by atoms with van der Waals surface area (Å²) in [6, 6.07) is 0. The molecule has 0 aromatic carbocycles. The third kappa shape index (κ3) is 9.66. The fourth-order valence-corrected chi connectivity index (χ4v) is 1.57. The van der Waals surface area contributed by atoms with Gasteiger partial charge in [0.25, 0.3) is 0 Å². The van der Waals surface area contributed by atoms with E-state index in [1.165, 1.54) is 19.1 Å². The Balaban J connectivity index is 4.64. The summed E-state index contributed by atoms with van der Waals surface area (Å²) in [5.74, 6) is -4.10. The maximum absolute atomic E-state index is 11.3. The van der Waals surface area contributed by atoms with E-state index in [1.54, 1.807) is 0 Å². The molecule has 0 saturated heterocycles. The summed E-state index contributed by atoms with van der Waals surface area (Å²) in [6.45, 7) is -1.66. The van der Waals surface area contributed by atoms with Gasteiger partial charge in [-0.3, -0.25) is 19.4 Å². The quantitative estimate of drug-likeness (QED) is 0.342. The van der Waals surface area contributed by atoms with Crippen molar-refractivity contribution in [2.24, 2.45) is 0 Å². The Labute approximate surface area is 127 Å². The smallest absolute Gasteiger partial charge is 0.319 e. The minimum absolute atomic E-state index is 0.0318. The van der Waals surface area contributed by atoms with Gasteiger partial charge in [0.2, 0.25) is 0 Å². The summed E-state index contributed by atoms with van der Waals surface area (Å²) in [5, 5.41) is 21.1. The molecule has 0 spiro atoms. The molecular formula is C12H18N2O8-2. The predicted molar refractivity (Wildman–Crippen MR) is 66.9 cm³/mol. The monoisotopic (exact) mass is 318 g/mol. The molecule has 0 rings (SSSR count). The maximum Gasteiger partial charge on any atom is 0.319 e. The Morgan fingerprint density at radius 3 is 1.32 bits per heavy atom. The minimum atomic E-state index is -1.45. The lowest BCUT2D eigenvalue weighted by Gasteiger charge is -2.27. The van der Waals surface area contributed by atoms with Gasteiger partial charge in [-0.05, 0) is 0 Å². The van der Waals surface area contributed by atoms with Crippen molar-refractivity contribution in [2.75, 3.05) is 53.5 Å². The van der Waals surface area contributed by atoms with Gasteiger partial charge in [-0.1, -0.05) is 0 Å². The Kier molecular flexibility index (Phi) is 9.46.